The molecule has 0 fully saturated rings. The van der Waals surface area contributed by atoms with E-state index in [-0.39, 0.29) is 0 Å². The van der Waals surface area contributed by atoms with Crippen molar-refractivity contribution in [2.24, 2.45) is 0 Å². The van der Waals surface area contributed by atoms with E-state index in [0.29, 0.717) is 0 Å². The molecule has 74 valence electrons. The lowest BCUT2D eigenvalue weighted by molar-refractivity contribution is 0.153. The van der Waals surface area contributed by atoms with Crippen LogP contribution in [0.3, 0.4) is 0 Å². The number of nitrogens with one attached hydrogen (secondary N) is 1. The van der Waals surface area contributed by atoms with E-state index < -0.39 is 27.7 Å². The summed E-state index contributed by atoms with van der Waals surface area (Å²) in [4.78, 5) is 0. The molecule has 0 atom stereocenters. The van der Waals surface area contributed by atoms with Crippen molar-refractivity contribution in [2.75, 3.05) is 6.54 Å². The molecule has 0 spiro atoms. The second-order valence-electron chi connectivity index (χ2n) is 3.36. The Bertz CT molecular complexity index is 230. The summed E-state index contributed by atoms with van der Waals surface area (Å²) >= 11 is 0. The lowest BCUT2D eigenvalue weighted by Crippen LogP contribution is -2.41. The smallest absolute Gasteiger partial charge is 0.212 e. The van der Waals surface area contributed by atoms with Gasteiger partial charge in [-0.2, -0.15) is 0 Å². The first-order valence-electron chi connectivity index (χ1n) is 3.44. The molecule has 0 radical (unpaired) electrons. The van der Waals surface area contributed by atoms with Gasteiger partial charge in [-0.3, -0.25) is 0 Å². The van der Waals surface area contributed by atoms with Crippen molar-refractivity contribution in [1.29, 1.82) is 0 Å². The minimum absolute atomic E-state index is 0.820. The monoisotopic (exact) mass is 201 g/mol. The Kier molecular flexibility index (Phi) is 3.59. The number of hydrogen-bond donors (Lipinski definition) is 1. The van der Waals surface area contributed by atoms with E-state index in [4.69, 9.17) is 0 Å². The van der Waals surface area contributed by atoms with Crippen molar-refractivity contribution < 1.29 is 17.2 Å². The molecule has 0 aliphatic rings. The van der Waals surface area contributed by atoms with E-state index in [9.17, 15) is 17.2 Å². The van der Waals surface area contributed by atoms with Gasteiger partial charge in [-0.1, -0.05) is 0 Å². The summed E-state index contributed by atoms with van der Waals surface area (Å²) in [6, 6.07) is 0. The number of alkyl halides is 2. The van der Waals surface area contributed by atoms with Gasteiger partial charge < -0.3 is 0 Å². The highest BCUT2D eigenvalue weighted by Gasteiger charge is 2.29. The molecule has 0 saturated heterocycles. The predicted octanol–water partition coefficient (Wildman–Crippen LogP) is 0.969. The second kappa shape index (κ2) is 3.66. The standard InChI is InChI=1S/C6H13F2NO2S/c1-6(2,3)12(10,11)9-4-5(7)8/h5,9H,4H2,1-3H3. The van der Waals surface area contributed by atoms with Crippen LogP contribution in [0.1, 0.15) is 20.8 Å². The molecule has 0 aromatic carbocycles. The molecule has 0 unspecified atom stereocenters. The molecule has 0 bridgehead atoms. The quantitative estimate of drug-likeness (QED) is 0.739. The molecule has 0 amide bonds. The Morgan fingerprint density at radius 3 is 2.00 bits per heavy atom. The Labute approximate surface area is 71.2 Å². The highest BCUT2D eigenvalue weighted by molar-refractivity contribution is 7.90. The van der Waals surface area contributed by atoms with Crippen molar-refractivity contribution in [2.45, 2.75) is 31.9 Å². The second-order valence-corrected chi connectivity index (χ2v) is 5.88. The number of sulfonamides is 1. The summed E-state index contributed by atoms with van der Waals surface area (Å²) in [5, 5.41) is 0. The molecule has 0 heterocycles. The first kappa shape index (κ1) is 11.8. The fourth-order valence-electron chi connectivity index (χ4n) is 0.389. The van der Waals surface area contributed by atoms with Crippen LogP contribution < -0.4 is 4.72 Å². The van der Waals surface area contributed by atoms with Crippen molar-refractivity contribution >= 4 is 10.0 Å². The fourth-order valence-corrected chi connectivity index (χ4v) is 1.17. The van der Waals surface area contributed by atoms with Crippen LogP contribution in [0.4, 0.5) is 8.78 Å². The van der Waals surface area contributed by atoms with E-state index in [0.717, 1.165) is 0 Å². The maximum absolute atomic E-state index is 11.6. The summed E-state index contributed by atoms with van der Waals surface area (Å²) in [5.41, 5.74) is 0. The zero-order valence-electron chi connectivity index (χ0n) is 7.27. The van der Waals surface area contributed by atoms with Gasteiger partial charge in [0.05, 0.1) is 11.3 Å². The first-order chi connectivity index (χ1) is 5.17. The number of hydrogen-bond acceptors (Lipinski definition) is 2. The molecule has 1 N–H and O–H groups in total. The Hall–Kier alpha value is -0.230. The van der Waals surface area contributed by atoms with Crippen LogP contribution in [0.15, 0.2) is 0 Å². The van der Waals surface area contributed by atoms with E-state index in [1.807, 2.05) is 4.72 Å². The zero-order chi connectivity index (χ0) is 9.99. The Balaban J connectivity index is 4.27. The van der Waals surface area contributed by atoms with E-state index in [2.05, 4.69) is 0 Å². The minimum Gasteiger partial charge on any atom is -0.212 e. The highest BCUT2D eigenvalue weighted by Crippen LogP contribution is 2.12. The van der Waals surface area contributed by atoms with Crippen LogP contribution in [0.2, 0.25) is 0 Å². The third-order valence-corrected chi connectivity index (χ3v) is 3.39. The maximum Gasteiger partial charge on any atom is 0.251 e. The van der Waals surface area contributed by atoms with Gasteiger partial charge in [0.25, 0.3) is 6.43 Å². The average molecular weight is 201 g/mol. The third kappa shape index (κ3) is 3.44. The average Bonchev–Trinajstić information content (AvgIpc) is 1.81. The van der Waals surface area contributed by atoms with Crippen LogP contribution in [0.5, 0.6) is 0 Å². The SMILES string of the molecule is CC(C)(C)S(=O)(=O)NCC(F)F. The van der Waals surface area contributed by atoms with Gasteiger partial charge in [-0.25, -0.2) is 21.9 Å². The van der Waals surface area contributed by atoms with Gasteiger partial charge in [0, 0.05) is 0 Å². The fraction of sp³-hybridized carbons (Fsp3) is 1.00. The molecule has 3 nitrogen and oxygen atoms in total. The largest absolute Gasteiger partial charge is 0.251 e. The summed E-state index contributed by atoms with van der Waals surface area (Å²) in [5.74, 6) is 0. The molecule has 0 aromatic heterocycles. The van der Waals surface area contributed by atoms with Crippen molar-refractivity contribution in [3.8, 4) is 0 Å². The van der Waals surface area contributed by atoms with Gasteiger partial charge >= 0.3 is 0 Å². The van der Waals surface area contributed by atoms with Crippen LogP contribution in [-0.2, 0) is 10.0 Å². The summed E-state index contributed by atoms with van der Waals surface area (Å²) in [7, 11) is -3.62. The predicted molar refractivity (Wildman–Crippen MR) is 42.7 cm³/mol. The van der Waals surface area contributed by atoms with Crippen molar-refractivity contribution in [3.05, 3.63) is 0 Å². The van der Waals surface area contributed by atoms with Gasteiger partial charge in [-0.15, -0.1) is 0 Å². The van der Waals surface area contributed by atoms with Crippen LogP contribution in [0, 0.1) is 0 Å². The van der Waals surface area contributed by atoms with Crippen LogP contribution in [-0.4, -0.2) is 26.1 Å². The number of halogens is 2. The van der Waals surface area contributed by atoms with E-state index in [1.165, 1.54) is 20.8 Å². The van der Waals surface area contributed by atoms with Gasteiger partial charge in [-0.05, 0) is 20.8 Å². The topological polar surface area (TPSA) is 46.2 Å². The molecule has 0 rings (SSSR count). The first-order valence-corrected chi connectivity index (χ1v) is 4.92. The van der Waals surface area contributed by atoms with Crippen molar-refractivity contribution in [3.63, 3.8) is 0 Å². The van der Waals surface area contributed by atoms with Crippen LogP contribution >= 0.6 is 0 Å². The van der Waals surface area contributed by atoms with E-state index in [1.54, 1.807) is 0 Å². The highest BCUT2D eigenvalue weighted by atomic mass is 32.2. The van der Waals surface area contributed by atoms with Crippen LogP contribution in [0.25, 0.3) is 0 Å². The lowest BCUT2D eigenvalue weighted by atomic mass is 10.3. The molecule has 0 aromatic rings. The Morgan fingerprint density at radius 1 is 1.33 bits per heavy atom. The zero-order valence-corrected chi connectivity index (χ0v) is 8.08. The van der Waals surface area contributed by atoms with Gasteiger partial charge in [0.2, 0.25) is 10.0 Å². The lowest BCUT2D eigenvalue weighted by Gasteiger charge is -2.19. The summed E-state index contributed by atoms with van der Waals surface area (Å²) in [6.45, 7) is 3.52. The molecule has 0 aliphatic heterocycles. The molecule has 0 aliphatic carbocycles. The summed E-state index contributed by atoms with van der Waals surface area (Å²) < 4.78 is 46.3. The minimum atomic E-state index is -3.62. The summed E-state index contributed by atoms with van der Waals surface area (Å²) in [6.07, 6.45) is -2.65. The Morgan fingerprint density at radius 2 is 1.75 bits per heavy atom. The molecule has 6 heteroatoms. The van der Waals surface area contributed by atoms with Crippen molar-refractivity contribution in [1.82, 2.24) is 4.72 Å². The van der Waals surface area contributed by atoms with E-state index >= 15 is 0 Å². The number of rotatable bonds is 3. The molecular formula is C6H13F2NO2S. The van der Waals surface area contributed by atoms with Gasteiger partial charge in [0.1, 0.15) is 0 Å². The third-order valence-electron chi connectivity index (χ3n) is 1.23. The van der Waals surface area contributed by atoms with Gasteiger partial charge in [0.15, 0.2) is 0 Å². The normalized spacial score (nSPS) is 13.8. The molecule has 0 saturated carbocycles. The molecule has 12 heavy (non-hydrogen) atoms. The maximum atomic E-state index is 11.6. The molecular weight excluding hydrogens is 188 g/mol.